The summed E-state index contributed by atoms with van der Waals surface area (Å²) in [7, 11) is 0. The number of halogens is 4. The average molecular weight is 412 g/mol. The van der Waals surface area contributed by atoms with Crippen LogP contribution in [0.2, 0.25) is 5.02 Å². The van der Waals surface area contributed by atoms with Crippen LogP contribution in [0.4, 0.5) is 13.2 Å². The zero-order valence-electron chi connectivity index (χ0n) is 15.2. The Morgan fingerprint density at radius 3 is 2.39 bits per heavy atom. The molecule has 3 rings (SSSR count). The molecule has 1 aliphatic carbocycles. The predicted octanol–water partition coefficient (Wildman–Crippen LogP) is 6.57. The quantitative estimate of drug-likeness (QED) is 0.503. The Hall–Kier alpha value is -2.21. The molecule has 1 saturated carbocycles. The lowest BCUT2D eigenvalue weighted by Crippen LogP contribution is -2.17. The van der Waals surface area contributed by atoms with Gasteiger partial charge in [0.2, 0.25) is 0 Å². The summed E-state index contributed by atoms with van der Waals surface area (Å²) in [5.41, 5.74) is 1.65. The number of hydrogen-bond donors (Lipinski definition) is 0. The van der Waals surface area contributed by atoms with Crippen LogP contribution in [0, 0.1) is 0 Å². The van der Waals surface area contributed by atoms with Gasteiger partial charge in [0, 0.05) is 12.3 Å². The van der Waals surface area contributed by atoms with E-state index in [0.29, 0.717) is 17.4 Å². The second-order valence-corrected chi connectivity index (χ2v) is 7.15. The van der Waals surface area contributed by atoms with Gasteiger partial charge >= 0.3 is 6.36 Å². The van der Waals surface area contributed by atoms with Crippen molar-refractivity contribution >= 4 is 17.8 Å². The van der Waals surface area contributed by atoms with Crippen molar-refractivity contribution in [3.63, 3.8) is 0 Å². The summed E-state index contributed by atoms with van der Waals surface area (Å²) in [6, 6.07) is 12.0. The minimum atomic E-state index is -4.77. The van der Waals surface area contributed by atoms with E-state index in [4.69, 9.17) is 16.3 Å². The average Bonchev–Trinajstić information content (AvgIpc) is 2.67. The highest BCUT2D eigenvalue weighted by atomic mass is 35.5. The van der Waals surface area contributed by atoms with Gasteiger partial charge < -0.3 is 9.47 Å². The highest BCUT2D eigenvalue weighted by Gasteiger charge is 2.32. The second-order valence-electron chi connectivity index (χ2n) is 6.74. The predicted molar refractivity (Wildman–Crippen MR) is 103 cm³/mol. The number of nitrogens with zero attached hydrogens (tertiary/aromatic N) is 1. The van der Waals surface area contributed by atoms with E-state index in [1.165, 1.54) is 37.5 Å². The summed E-state index contributed by atoms with van der Waals surface area (Å²) in [5, 5.41) is -0.118. The first-order chi connectivity index (χ1) is 13.4. The highest BCUT2D eigenvalue weighted by molar-refractivity contribution is 6.32. The first kappa shape index (κ1) is 20.5. The van der Waals surface area contributed by atoms with Crippen LogP contribution >= 0.6 is 11.6 Å². The van der Waals surface area contributed by atoms with Crippen molar-refractivity contribution in [3.8, 4) is 11.5 Å². The Labute approximate surface area is 167 Å². The molecule has 2 aromatic rings. The molecule has 0 heterocycles. The summed E-state index contributed by atoms with van der Waals surface area (Å²) < 4.78 is 46.3. The SMILES string of the molecule is FC(F)(F)Oc1ccc(COc2ccc(C=NC3CCCCC3)cc2)cc1Cl. The largest absolute Gasteiger partial charge is 0.573 e. The molecule has 0 aromatic heterocycles. The lowest BCUT2D eigenvalue weighted by molar-refractivity contribution is -0.274. The molecule has 7 heteroatoms. The van der Waals surface area contributed by atoms with Gasteiger partial charge in [-0.15, -0.1) is 13.2 Å². The van der Waals surface area contributed by atoms with Gasteiger partial charge in [-0.2, -0.15) is 0 Å². The molecule has 2 aromatic carbocycles. The highest BCUT2D eigenvalue weighted by Crippen LogP contribution is 2.31. The van der Waals surface area contributed by atoms with E-state index in [2.05, 4.69) is 9.73 Å². The molecule has 1 fully saturated rings. The van der Waals surface area contributed by atoms with Gasteiger partial charge in [-0.1, -0.05) is 36.9 Å². The van der Waals surface area contributed by atoms with Crippen molar-refractivity contribution in [2.75, 3.05) is 0 Å². The molecule has 0 spiro atoms. The molecular weight excluding hydrogens is 391 g/mol. The third-order valence-electron chi connectivity index (χ3n) is 4.52. The molecule has 0 bridgehead atoms. The van der Waals surface area contributed by atoms with E-state index in [1.807, 2.05) is 30.5 Å². The number of aliphatic imine (C=N–C) groups is 1. The molecule has 0 atom stereocenters. The molecule has 0 radical (unpaired) electrons. The van der Waals surface area contributed by atoms with Crippen molar-refractivity contribution in [2.45, 2.75) is 51.1 Å². The maximum Gasteiger partial charge on any atom is 0.573 e. The van der Waals surface area contributed by atoms with Crippen molar-refractivity contribution in [3.05, 3.63) is 58.6 Å². The maximum absolute atomic E-state index is 12.3. The fraction of sp³-hybridized carbons (Fsp3) is 0.381. The first-order valence-electron chi connectivity index (χ1n) is 9.19. The topological polar surface area (TPSA) is 30.8 Å². The van der Waals surface area contributed by atoms with Gasteiger partial charge in [-0.3, -0.25) is 4.99 Å². The number of hydrogen-bond acceptors (Lipinski definition) is 3. The summed E-state index contributed by atoms with van der Waals surface area (Å²) in [4.78, 5) is 4.65. The number of benzene rings is 2. The molecule has 3 nitrogen and oxygen atoms in total. The number of ether oxygens (including phenoxy) is 2. The van der Waals surface area contributed by atoms with E-state index in [-0.39, 0.29) is 11.6 Å². The summed E-state index contributed by atoms with van der Waals surface area (Å²) in [5.74, 6) is 0.223. The van der Waals surface area contributed by atoms with Crippen LogP contribution in [0.5, 0.6) is 11.5 Å². The molecule has 28 heavy (non-hydrogen) atoms. The molecule has 0 unspecified atom stereocenters. The molecule has 0 amide bonds. The zero-order valence-corrected chi connectivity index (χ0v) is 16.0. The van der Waals surface area contributed by atoms with Gasteiger partial charge in [0.15, 0.2) is 0 Å². The minimum Gasteiger partial charge on any atom is -0.489 e. The third-order valence-corrected chi connectivity index (χ3v) is 4.81. The van der Waals surface area contributed by atoms with Crippen molar-refractivity contribution in [2.24, 2.45) is 4.99 Å². The van der Waals surface area contributed by atoms with Gasteiger partial charge in [0.05, 0.1) is 5.02 Å². The van der Waals surface area contributed by atoms with E-state index >= 15 is 0 Å². The van der Waals surface area contributed by atoms with Crippen LogP contribution < -0.4 is 9.47 Å². The monoisotopic (exact) mass is 411 g/mol. The first-order valence-corrected chi connectivity index (χ1v) is 9.57. The third kappa shape index (κ3) is 6.44. The van der Waals surface area contributed by atoms with Crippen LogP contribution in [0.15, 0.2) is 47.5 Å². The van der Waals surface area contributed by atoms with Crippen LogP contribution in [-0.4, -0.2) is 18.6 Å². The minimum absolute atomic E-state index is 0.118. The zero-order chi connectivity index (χ0) is 20.0. The van der Waals surface area contributed by atoms with Crippen LogP contribution in [0.25, 0.3) is 0 Å². The number of alkyl halides is 3. The Morgan fingerprint density at radius 1 is 1.04 bits per heavy atom. The normalized spacial score (nSPS) is 15.7. The summed E-state index contributed by atoms with van der Waals surface area (Å²) >= 11 is 5.84. The molecule has 0 aliphatic heterocycles. The van der Waals surface area contributed by atoms with Gasteiger partial charge in [-0.05, 0) is 60.4 Å². The fourth-order valence-electron chi connectivity index (χ4n) is 3.08. The second kappa shape index (κ2) is 9.32. The van der Waals surface area contributed by atoms with E-state index in [9.17, 15) is 13.2 Å². The smallest absolute Gasteiger partial charge is 0.489 e. The van der Waals surface area contributed by atoms with Crippen molar-refractivity contribution < 1.29 is 22.6 Å². The Morgan fingerprint density at radius 2 is 1.75 bits per heavy atom. The molecule has 1 aliphatic rings. The summed E-state index contributed by atoms with van der Waals surface area (Å²) in [6.07, 6.45) is 3.26. The fourth-order valence-corrected chi connectivity index (χ4v) is 3.32. The van der Waals surface area contributed by atoms with Gasteiger partial charge in [0.1, 0.15) is 18.1 Å². The van der Waals surface area contributed by atoms with E-state index in [0.717, 1.165) is 18.4 Å². The van der Waals surface area contributed by atoms with Crippen LogP contribution in [-0.2, 0) is 6.61 Å². The summed E-state index contributed by atoms with van der Waals surface area (Å²) in [6.45, 7) is 0.182. The van der Waals surface area contributed by atoms with E-state index < -0.39 is 12.1 Å². The van der Waals surface area contributed by atoms with Crippen LogP contribution in [0.3, 0.4) is 0 Å². The van der Waals surface area contributed by atoms with E-state index in [1.54, 1.807) is 0 Å². The number of rotatable bonds is 6. The van der Waals surface area contributed by atoms with Crippen LogP contribution in [0.1, 0.15) is 43.2 Å². The maximum atomic E-state index is 12.3. The van der Waals surface area contributed by atoms with Gasteiger partial charge in [-0.25, -0.2) is 0 Å². The molecule has 0 N–H and O–H groups in total. The standard InChI is InChI=1S/C21H21ClF3NO2/c22-19-12-16(8-11-20(19)28-21(23,24)25)14-27-18-9-6-15(7-10-18)13-26-17-4-2-1-3-5-17/h6-13,17H,1-5,14H2. The Balaban J connectivity index is 1.53. The van der Waals surface area contributed by atoms with Crippen molar-refractivity contribution in [1.29, 1.82) is 0 Å². The van der Waals surface area contributed by atoms with Gasteiger partial charge in [0.25, 0.3) is 0 Å². The lowest BCUT2D eigenvalue weighted by Gasteiger charge is -2.17. The van der Waals surface area contributed by atoms with Crippen molar-refractivity contribution in [1.82, 2.24) is 0 Å². The molecule has 150 valence electrons. The molecule has 0 saturated heterocycles. The lowest BCUT2D eigenvalue weighted by atomic mass is 9.96. The molecular formula is C21H21ClF3NO2. The Bertz CT molecular complexity index is 800. The Kier molecular flexibility index (Phi) is 6.83.